The molecule has 0 spiro atoms. The van der Waals surface area contributed by atoms with Crippen LogP contribution in [0.15, 0.2) is 35.1 Å². The van der Waals surface area contributed by atoms with Gasteiger partial charge in [0, 0.05) is 32.7 Å². The van der Waals surface area contributed by atoms with Gasteiger partial charge < -0.3 is 14.6 Å². The van der Waals surface area contributed by atoms with E-state index in [2.05, 4.69) is 44.0 Å². The Morgan fingerprint density at radius 3 is 2.57 bits per heavy atom. The van der Waals surface area contributed by atoms with Crippen molar-refractivity contribution in [2.24, 2.45) is 0 Å². The average Bonchev–Trinajstić information content (AvgIpc) is 3.10. The van der Waals surface area contributed by atoms with Gasteiger partial charge in [-0.05, 0) is 24.5 Å². The lowest BCUT2D eigenvalue weighted by Crippen LogP contribution is -2.46. The van der Waals surface area contributed by atoms with Crippen molar-refractivity contribution in [2.45, 2.75) is 19.9 Å². The normalized spacial score (nSPS) is 15.5. The first-order valence-electron chi connectivity index (χ1n) is 10.1. The number of carbonyl (C=O) groups excluding carboxylic acids is 1. The van der Waals surface area contributed by atoms with E-state index < -0.39 is 5.97 Å². The molecule has 1 aliphatic rings. The van der Waals surface area contributed by atoms with Gasteiger partial charge in [0.2, 0.25) is 0 Å². The molecule has 0 aliphatic carbocycles. The van der Waals surface area contributed by atoms with Gasteiger partial charge in [-0.3, -0.25) is 9.69 Å². The van der Waals surface area contributed by atoms with E-state index in [-0.39, 0.29) is 5.56 Å². The highest BCUT2D eigenvalue weighted by Gasteiger charge is 2.21. The van der Waals surface area contributed by atoms with E-state index in [1.54, 1.807) is 6.92 Å². The van der Waals surface area contributed by atoms with Crippen molar-refractivity contribution in [2.75, 3.05) is 39.8 Å². The summed E-state index contributed by atoms with van der Waals surface area (Å²) in [5.41, 5.74) is 1.81. The SMILES string of the molecule is COC(=O)c1sc2nc(CN3CCN(CCc4ccccc4)CC3)[nH]c(=O)c2c1C. The van der Waals surface area contributed by atoms with Crippen LogP contribution in [0.4, 0.5) is 0 Å². The number of fused-ring (bicyclic) bond motifs is 1. The quantitative estimate of drug-likeness (QED) is 0.610. The van der Waals surface area contributed by atoms with E-state index in [0.29, 0.717) is 33.0 Å². The van der Waals surface area contributed by atoms with Gasteiger partial charge in [-0.1, -0.05) is 30.3 Å². The molecule has 0 bridgehead atoms. The Kier molecular flexibility index (Phi) is 6.26. The maximum Gasteiger partial charge on any atom is 0.348 e. The molecule has 1 aliphatic heterocycles. The summed E-state index contributed by atoms with van der Waals surface area (Å²) in [4.78, 5) is 37.9. The summed E-state index contributed by atoms with van der Waals surface area (Å²) < 4.78 is 4.81. The number of ether oxygens (including phenoxy) is 1. The topological polar surface area (TPSA) is 78.5 Å². The van der Waals surface area contributed by atoms with Gasteiger partial charge >= 0.3 is 5.97 Å². The second kappa shape index (κ2) is 9.07. The van der Waals surface area contributed by atoms with Crippen molar-refractivity contribution in [1.82, 2.24) is 19.8 Å². The Morgan fingerprint density at radius 2 is 1.87 bits per heavy atom. The second-order valence-corrected chi connectivity index (χ2v) is 8.59. The van der Waals surface area contributed by atoms with Crippen LogP contribution in [0.1, 0.15) is 26.6 Å². The number of hydrogen-bond acceptors (Lipinski definition) is 7. The van der Waals surface area contributed by atoms with Crippen molar-refractivity contribution in [3.05, 3.63) is 62.5 Å². The zero-order valence-electron chi connectivity index (χ0n) is 17.3. The molecule has 1 aromatic carbocycles. The molecular formula is C22H26N4O3S. The van der Waals surface area contributed by atoms with E-state index in [4.69, 9.17) is 4.74 Å². The number of piperazine rings is 1. The number of hydrogen-bond donors (Lipinski definition) is 1. The second-order valence-electron chi connectivity index (χ2n) is 7.59. The van der Waals surface area contributed by atoms with E-state index in [0.717, 1.165) is 39.1 Å². The predicted octanol–water partition coefficient (Wildman–Crippen LogP) is 2.44. The molecule has 7 nitrogen and oxygen atoms in total. The number of carbonyl (C=O) groups is 1. The maximum absolute atomic E-state index is 12.6. The fourth-order valence-corrected chi connectivity index (χ4v) is 4.98. The van der Waals surface area contributed by atoms with E-state index >= 15 is 0 Å². The average molecular weight is 427 g/mol. The first-order valence-corrected chi connectivity index (χ1v) is 11.0. The number of aryl methyl sites for hydroxylation is 1. The lowest BCUT2D eigenvalue weighted by molar-refractivity contribution is 0.0605. The number of aromatic nitrogens is 2. The summed E-state index contributed by atoms with van der Waals surface area (Å²) >= 11 is 1.22. The molecule has 1 N–H and O–H groups in total. The van der Waals surface area contributed by atoms with Gasteiger partial charge in [-0.15, -0.1) is 11.3 Å². The molecule has 8 heteroatoms. The third-order valence-electron chi connectivity index (χ3n) is 5.62. The van der Waals surface area contributed by atoms with E-state index in [1.807, 2.05) is 6.07 Å². The maximum atomic E-state index is 12.6. The molecule has 0 radical (unpaired) electrons. The number of esters is 1. The van der Waals surface area contributed by atoms with Gasteiger partial charge in [-0.25, -0.2) is 9.78 Å². The highest BCUT2D eigenvalue weighted by Crippen LogP contribution is 2.27. The minimum atomic E-state index is -0.428. The number of thiophene rings is 1. The number of rotatable bonds is 6. The molecule has 0 atom stereocenters. The molecule has 4 rings (SSSR count). The minimum absolute atomic E-state index is 0.194. The molecule has 3 heterocycles. The van der Waals surface area contributed by atoms with Crippen LogP contribution < -0.4 is 5.56 Å². The summed E-state index contributed by atoms with van der Waals surface area (Å²) in [5.74, 6) is 0.214. The van der Waals surface area contributed by atoms with Gasteiger partial charge in [0.25, 0.3) is 5.56 Å². The van der Waals surface area contributed by atoms with Crippen LogP contribution >= 0.6 is 11.3 Å². The third kappa shape index (κ3) is 4.45. The predicted molar refractivity (Wildman–Crippen MR) is 118 cm³/mol. The van der Waals surface area contributed by atoms with Crippen molar-refractivity contribution in [3.8, 4) is 0 Å². The van der Waals surface area contributed by atoms with Gasteiger partial charge in [0.15, 0.2) is 0 Å². The molecule has 1 saturated heterocycles. The van der Waals surface area contributed by atoms with Crippen LogP contribution in [-0.4, -0.2) is 65.6 Å². The summed E-state index contributed by atoms with van der Waals surface area (Å²) in [6.45, 7) is 7.30. The molecular weight excluding hydrogens is 400 g/mol. The summed E-state index contributed by atoms with van der Waals surface area (Å²) in [5, 5.41) is 0.481. The summed E-state index contributed by atoms with van der Waals surface area (Å²) in [7, 11) is 1.34. The molecule has 0 amide bonds. The Labute approximate surface area is 179 Å². The van der Waals surface area contributed by atoms with Gasteiger partial charge in [0.05, 0.1) is 19.0 Å². The first kappa shape index (κ1) is 20.7. The minimum Gasteiger partial charge on any atom is -0.465 e. The fourth-order valence-electron chi connectivity index (χ4n) is 3.87. The zero-order chi connectivity index (χ0) is 21.1. The van der Waals surface area contributed by atoms with E-state index in [1.165, 1.54) is 24.0 Å². The lowest BCUT2D eigenvalue weighted by atomic mass is 10.1. The van der Waals surface area contributed by atoms with Crippen LogP contribution in [0.3, 0.4) is 0 Å². The largest absolute Gasteiger partial charge is 0.465 e. The molecule has 3 aromatic rings. The van der Waals surface area contributed by atoms with Crippen molar-refractivity contribution >= 4 is 27.5 Å². The van der Waals surface area contributed by atoms with Crippen LogP contribution in [0, 0.1) is 6.92 Å². The van der Waals surface area contributed by atoms with Crippen LogP contribution in [0.25, 0.3) is 10.2 Å². The number of nitrogens with zero attached hydrogens (tertiary/aromatic N) is 3. The standard InChI is InChI=1S/C22H26N4O3S/c1-15-18-20(27)23-17(24-21(18)30-19(15)22(28)29-2)14-26-12-10-25(11-13-26)9-8-16-6-4-3-5-7-16/h3-7H,8-14H2,1-2H3,(H,23,24,27). The Hall–Kier alpha value is -2.55. The molecule has 158 valence electrons. The number of aromatic amines is 1. The first-order chi connectivity index (χ1) is 14.5. The number of methoxy groups -OCH3 is 1. The molecule has 30 heavy (non-hydrogen) atoms. The van der Waals surface area contributed by atoms with Crippen LogP contribution in [-0.2, 0) is 17.7 Å². The number of H-pyrrole nitrogens is 1. The molecule has 0 unspecified atom stereocenters. The molecule has 1 fully saturated rings. The van der Waals surface area contributed by atoms with Crippen LogP contribution in [0.2, 0.25) is 0 Å². The van der Waals surface area contributed by atoms with Crippen LogP contribution in [0.5, 0.6) is 0 Å². The highest BCUT2D eigenvalue weighted by atomic mass is 32.1. The van der Waals surface area contributed by atoms with Crippen molar-refractivity contribution in [1.29, 1.82) is 0 Å². The Balaban J connectivity index is 1.38. The monoisotopic (exact) mass is 426 g/mol. The van der Waals surface area contributed by atoms with Crippen molar-refractivity contribution < 1.29 is 9.53 Å². The zero-order valence-corrected chi connectivity index (χ0v) is 18.1. The Morgan fingerprint density at radius 1 is 1.17 bits per heavy atom. The van der Waals surface area contributed by atoms with Gasteiger partial charge in [0.1, 0.15) is 15.5 Å². The van der Waals surface area contributed by atoms with E-state index in [9.17, 15) is 9.59 Å². The summed E-state index contributed by atoms with van der Waals surface area (Å²) in [6.07, 6.45) is 1.06. The smallest absolute Gasteiger partial charge is 0.348 e. The number of benzene rings is 1. The number of nitrogens with one attached hydrogen (secondary N) is 1. The highest BCUT2D eigenvalue weighted by molar-refractivity contribution is 7.20. The van der Waals surface area contributed by atoms with Crippen molar-refractivity contribution in [3.63, 3.8) is 0 Å². The molecule has 0 saturated carbocycles. The lowest BCUT2D eigenvalue weighted by Gasteiger charge is -2.34. The fraction of sp³-hybridized carbons (Fsp3) is 0.409. The van der Waals surface area contributed by atoms with Gasteiger partial charge in [-0.2, -0.15) is 0 Å². The third-order valence-corrected chi connectivity index (χ3v) is 6.78. The molecule has 2 aromatic heterocycles. The summed E-state index contributed by atoms with van der Waals surface area (Å²) in [6, 6.07) is 10.6. The Bertz CT molecular complexity index is 1080.